The number of halogens is 5. The molecule has 0 aromatic rings. The maximum absolute atomic E-state index is 12.0. The summed E-state index contributed by atoms with van der Waals surface area (Å²) in [5.74, 6) is -7.98. The van der Waals surface area contributed by atoms with Gasteiger partial charge < -0.3 is 5.48 Å². The topological polar surface area (TPSA) is 30.0 Å². The number of hydrogen-bond acceptors (Lipinski definition) is 1. The maximum Gasteiger partial charge on any atom is 0.270 e. The van der Waals surface area contributed by atoms with Crippen LogP contribution in [-0.4, -0.2) is 5.48 Å². The Morgan fingerprint density at radius 3 is 1.26 bits per heavy atom. The summed E-state index contributed by atoms with van der Waals surface area (Å²) in [6.45, 7) is 0. The standard InChI is InChI=1S/C6F5.2C5H5.H2O.Zr/c7-2-1-3(8)5(10)6(11)4(2)9;2*1-2-4-5-3-1;;/h;2*1-5H;1H2;/p-1. The zero-order valence-corrected chi connectivity index (χ0v) is 14.1. The van der Waals surface area contributed by atoms with Crippen molar-refractivity contribution in [3.05, 3.63) is 96.7 Å². The Kier molecular flexibility index (Phi) is 13.7. The molecule has 0 aromatic carbocycles. The van der Waals surface area contributed by atoms with E-state index in [9.17, 15) is 22.0 Å². The molecular formula is C16H11F5OZr-. The van der Waals surface area contributed by atoms with E-state index in [1.165, 1.54) is 0 Å². The minimum atomic E-state index is -2.17. The molecule has 121 valence electrons. The molecule has 3 aliphatic rings. The Bertz CT molecular complexity index is 539. The molecule has 0 amide bonds. The summed E-state index contributed by atoms with van der Waals surface area (Å²) in [6, 6.07) is 0. The second-order valence-electron chi connectivity index (χ2n) is 3.62. The summed E-state index contributed by atoms with van der Waals surface area (Å²) < 4.78 is 59.9. The monoisotopic (exact) mass is 404 g/mol. The van der Waals surface area contributed by atoms with Crippen LogP contribution in [0.4, 0.5) is 22.0 Å². The first-order valence-corrected chi connectivity index (χ1v) is 5.78. The van der Waals surface area contributed by atoms with Crippen LogP contribution in [0.25, 0.3) is 0 Å². The van der Waals surface area contributed by atoms with Gasteiger partial charge in [-0.15, -0.1) is 0 Å². The largest absolute Gasteiger partial charge is 0.870 e. The van der Waals surface area contributed by atoms with Crippen LogP contribution in [0.1, 0.15) is 0 Å². The summed E-state index contributed by atoms with van der Waals surface area (Å²) in [4.78, 5) is 0. The second-order valence-corrected chi connectivity index (χ2v) is 3.62. The molecule has 1 N–H and O–H groups in total. The molecule has 7 heteroatoms. The smallest absolute Gasteiger partial charge is 0.270 e. The average molecular weight is 405 g/mol. The van der Waals surface area contributed by atoms with E-state index in [4.69, 9.17) is 0 Å². The van der Waals surface area contributed by atoms with Crippen LogP contribution in [-0.2, 0) is 26.2 Å². The molecule has 0 spiro atoms. The second kappa shape index (κ2) is 13.2. The van der Waals surface area contributed by atoms with Crippen molar-refractivity contribution in [3.63, 3.8) is 0 Å². The molecule has 3 rings (SSSR count). The third kappa shape index (κ3) is 8.80. The Labute approximate surface area is 150 Å². The van der Waals surface area contributed by atoms with Gasteiger partial charge in [-0.25, -0.2) is 8.78 Å². The van der Waals surface area contributed by atoms with Crippen LogP contribution in [0.5, 0.6) is 0 Å². The van der Waals surface area contributed by atoms with E-state index in [0.717, 1.165) is 5.73 Å². The van der Waals surface area contributed by atoms with Gasteiger partial charge in [-0.05, 0) is 5.73 Å². The van der Waals surface area contributed by atoms with Gasteiger partial charge >= 0.3 is 0 Å². The third-order valence-corrected chi connectivity index (χ3v) is 2.10. The summed E-state index contributed by atoms with van der Waals surface area (Å²) in [6.07, 6.45) is 17.9. The molecule has 0 aromatic heterocycles. The van der Waals surface area contributed by atoms with Crippen LogP contribution in [0.3, 0.4) is 0 Å². The fourth-order valence-corrected chi connectivity index (χ4v) is 1.14. The predicted octanol–water partition coefficient (Wildman–Crippen LogP) is 5.41. The van der Waals surface area contributed by atoms with Crippen molar-refractivity contribution in [2.75, 3.05) is 0 Å². The third-order valence-electron chi connectivity index (χ3n) is 2.10. The van der Waals surface area contributed by atoms with Crippen LogP contribution < -0.4 is 0 Å². The molecule has 0 atom stereocenters. The van der Waals surface area contributed by atoms with Gasteiger partial charge in [0.2, 0.25) is 11.7 Å². The van der Waals surface area contributed by atoms with E-state index in [1.807, 2.05) is 61.4 Å². The van der Waals surface area contributed by atoms with E-state index < -0.39 is 29.5 Å². The zero-order chi connectivity index (χ0) is 15.7. The first-order chi connectivity index (χ1) is 10.0. The van der Waals surface area contributed by atoms with Gasteiger partial charge in [-0.1, -0.05) is 48.6 Å². The van der Waals surface area contributed by atoms with Crippen molar-refractivity contribution in [3.8, 4) is 0 Å². The summed E-state index contributed by atoms with van der Waals surface area (Å²) >= 11 is 0. The summed E-state index contributed by atoms with van der Waals surface area (Å²) in [5, 5.41) is 0. The minimum Gasteiger partial charge on any atom is -0.870 e. The van der Waals surface area contributed by atoms with Gasteiger partial charge in [0.05, 0.1) is 0 Å². The van der Waals surface area contributed by atoms with Gasteiger partial charge in [0.15, 0.2) is 11.7 Å². The molecule has 0 unspecified atom stereocenters. The number of allylic oxidation sites excluding steroid dienone is 11. The molecule has 3 aliphatic carbocycles. The van der Waals surface area contributed by atoms with Crippen LogP contribution in [0.2, 0.25) is 0 Å². The SMILES string of the molecule is F[C]1C(F)=C=C(F)C(F)=C1F.[CH]1C=CC=C1.[CH]1C=CC=C1.[OH-].[Zr]. The van der Waals surface area contributed by atoms with Gasteiger partial charge in [-0.3, -0.25) is 0 Å². The minimum absolute atomic E-state index is 0. The molecule has 0 saturated carbocycles. The van der Waals surface area contributed by atoms with Crippen LogP contribution >= 0.6 is 0 Å². The van der Waals surface area contributed by atoms with Crippen molar-refractivity contribution in [2.24, 2.45) is 0 Å². The average Bonchev–Trinajstić information content (AvgIpc) is 3.20. The van der Waals surface area contributed by atoms with E-state index in [1.54, 1.807) is 0 Å². The molecule has 1 nitrogen and oxygen atoms in total. The predicted molar refractivity (Wildman–Crippen MR) is 73.4 cm³/mol. The summed E-state index contributed by atoms with van der Waals surface area (Å²) in [7, 11) is 0. The Morgan fingerprint density at radius 2 is 0.957 bits per heavy atom. The molecule has 3 radical (unpaired) electrons. The van der Waals surface area contributed by atoms with E-state index in [2.05, 4.69) is 0 Å². The zero-order valence-electron chi connectivity index (χ0n) is 11.6. The quantitative estimate of drug-likeness (QED) is 0.391. The van der Waals surface area contributed by atoms with E-state index in [0.29, 0.717) is 0 Å². The molecule has 0 heterocycles. The Morgan fingerprint density at radius 1 is 0.565 bits per heavy atom. The number of rotatable bonds is 0. The van der Waals surface area contributed by atoms with Crippen molar-refractivity contribution in [1.82, 2.24) is 0 Å². The van der Waals surface area contributed by atoms with Gasteiger partial charge in [0.25, 0.3) is 6.17 Å². The van der Waals surface area contributed by atoms with Gasteiger partial charge in [-0.2, -0.15) is 13.2 Å². The fourth-order valence-electron chi connectivity index (χ4n) is 1.14. The molecule has 0 saturated heterocycles. The van der Waals surface area contributed by atoms with Crippen molar-refractivity contribution in [1.29, 1.82) is 0 Å². The summed E-state index contributed by atoms with van der Waals surface area (Å²) in [5.41, 5.74) is 1.02. The Hall–Kier alpha value is -1.29. The fraction of sp³-hybridized carbons (Fsp3) is 0. The molecular weight excluding hydrogens is 394 g/mol. The number of hydrogen-bond donors (Lipinski definition) is 0. The Balaban J connectivity index is 0. The maximum atomic E-state index is 12.0. The molecule has 23 heavy (non-hydrogen) atoms. The van der Waals surface area contributed by atoms with E-state index >= 15 is 0 Å². The van der Waals surface area contributed by atoms with Crippen LogP contribution in [0, 0.1) is 19.0 Å². The molecule has 0 aliphatic heterocycles. The first-order valence-electron chi connectivity index (χ1n) is 5.78. The normalized spacial score (nSPS) is 17.3. The van der Waals surface area contributed by atoms with E-state index in [-0.39, 0.29) is 31.7 Å². The van der Waals surface area contributed by atoms with Crippen molar-refractivity contribution < 1.29 is 53.6 Å². The first kappa shape index (κ1) is 24.0. The van der Waals surface area contributed by atoms with Gasteiger partial charge in [0.1, 0.15) is 0 Å². The van der Waals surface area contributed by atoms with Crippen molar-refractivity contribution >= 4 is 0 Å². The van der Waals surface area contributed by atoms with Crippen LogP contribution in [0.15, 0.2) is 77.6 Å². The molecule has 0 bridgehead atoms. The molecule has 0 fully saturated rings. The van der Waals surface area contributed by atoms with Crippen molar-refractivity contribution in [2.45, 2.75) is 0 Å². The van der Waals surface area contributed by atoms with Gasteiger partial charge in [0, 0.05) is 39.0 Å².